The standard InChI is InChI=1S/C70H56S2/c1-3-5-7-9-12-43-16-19-45(20-17-43)49-26-35-65-62(41-49)70-66(72-65)37-33-56-54-31-25-50(39-59(54)58-38-44(13-10-8-6-4-2)18-29-57(58)69(56)70)51-27-34-63-60(40-51)61-42-52(28-36-64(61)71-63)53-30-23-48-22-21-46-14-11-15-47-24-32-55(53)68(48)67(46)47/h11,14-42H,3-10,12-13H2,1-2H3. The van der Waals surface area contributed by atoms with Crippen LogP contribution in [0.3, 0.4) is 0 Å². The van der Waals surface area contributed by atoms with Crippen molar-refractivity contribution in [2.24, 2.45) is 0 Å². The number of hydrogen-bond donors (Lipinski definition) is 0. The lowest BCUT2D eigenvalue weighted by atomic mass is 9.88. The maximum Gasteiger partial charge on any atom is 0.0362 e. The van der Waals surface area contributed by atoms with E-state index in [4.69, 9.17) is 0 Å². The molecule has 2 heterocycles. The van der Waals surface area contributed by atoms with Crippen LogP contribution >= 0.6 is 22.7 Å². The van der Waals surface area contributed by atoms with E-state index >= 15 is 0 Å². The van der Waals surface area contributed by atoms with Crippen molar-refractivity contribution in [3.05, 3.63) is 193 Å². The van der Waals surface area contributed by atoms with Crippen LogP contribution in [0.25, 0.3) is 138 Å². The van der Waals surface area contributed by atoms with Crippen molar-refractivity contribution in [3.8, 4) is 33.4 Å². The van der Waals surface area contributed by atoms with Crippen LogP contribution in [0.1, 0.15) is 76.3 Å². The van der Waals surface area contributed by atoms with E-state index in [0.29, 0.717) is 0 Å². The molecule has 14 aromatic rings. The molecule has 0 unspecified atom stereocenters. The number of unbranched alkanes of at least 4 members (excludes halogenated alkanes) is 6. The molecule has 0 saturated carbocycles. The number of benzene rings is 12. The Morgan fingerprint density at radius 2 is 0.764 bits per heavy atom. The van der Waals surface area contributed by atoms with Gasteiger partial charge in [-0.15, -0.1) is 22.7 Å². The summed E-state index contributed by atoms with van der Waals surface area (Å²) in [7, 11) is 0. The topological polar surface area (TPSA) is 0 Å². The molecule has 0 atom stereocenters. The second-order valence-corrected chi connectivity index (χ2v) is 22.8. The Hall–Kier alpha value is -7.10. The number of hydrogen-bond acceptors (Lipinski definition) is 2. The van der Waals surface area contributed by atoms with E-state index in [1.807, 2.05) is 22.7 Å². The maximum absolute atomic E-state index is 2.55. The summed E-state index contributed by atoms with van der Waals surface area (Å²) in [5.41, 5.74) is 10.6. The van der Waals surface area contributed by atoms with Gasteiger partial charge in [0.05, 0.1) is 0 Å². The highest BCUT2D eigenvalue weighted by atomic mass is 32.1. The van der Waals surface area contributed by atoms with Crippen LogP contribution in [0, 0.1) is 0 Å². The summed E-state index contributed by atoms with van der Waals surface area (Å²) in [6, 6.07) is 71.0. The largest absolute Gasteiger partial charge is 0.135 e. The molecule has 0 bridgehead atoms. The summed E-state index contributed by atoms with van der Waals surface area (Å²) >= 11 is 3.84. The van der Waals surface area contributed by atoms with Crippen LogP contribution in [0.15, 0.2) is 182 Å². The van der Waals surface area contributed by atoms with E-state index in [0.717, 1.165) is 12.8 Å². The zero-order chi connectivity index (χ0) is 47.9. The molecule has 2 heteroatoms. The zero-order valence-electron chi connectivity index (χ0n) is 41.2. The summed E-state index contributed by atoms with van der Waals surface area (Å²) in [6.07, 6.45) is 12.5. The molecular formula is C70H56S2. The minimum absolute atomic E-state index is 1.11. The van der Waals surface area contributed by atoms with Crippen molar-refractivity contribution in [2.45, 2.75) is 78.1 Å². The van der Waals surface area contributed by atoms with Crippen LogP contribution in [0.2, 0.25) is 0 Å². The van der Waals surface area contributed by atoms with Gasteiger partial charge in [-0.25, -0.2) is 0 Å². The fraction of sp³-hybridized carbons (Fsp3) is 0.171. The summed E-state index contributed by atoms with van der Waals surface area (Å²) in [6.45, 7) is 4.59. The van der Waals surface area contributed by atoms with Gasteiger partial charge in [0, 0.05) is 40.3 Å². The third kappa shape index (κ3) is 7.28. The number of rotatable bonds is 13. The second kappa shape index (κ2) is 17.9. The Kier molecular flexibility index (Phi) is 10.8. The van der Waals surface area contributed by atoms with Gasteiger partial charge in [-0.1, -0.05) is 186 Å². The molecule has 0 radical (unpaired) electrons. The minimum atomic E-state index is 1.11. The average Bonchev–Trinajstić information content (AvgIpc) is 4.00. The molecule has 2 aromatic heterocycles. The van der Waals surface area contributed by atoms with E-state index < -0.39 is 0 Å². The molecule has 0 saturated heterocycles. The van der Waals surface area contributed by atoms with Crippen molar-refractivity contribution in [2.75, 3.05) is 0 Å². The van der Waals surface area contributed by atoms with Crippen molar-refractivity contribution >= 4 is 128 Å². The molecule has 0 nitrogen and oxygen atoms in total. The first-order chi connectivity index (χ1) is 35.6. The third-order valence-electron chi connectivity index (χ3n) is 16.2. The first-order valence-corrected chi connectivity index (χ1v) is 28.2. The molecule has 0 N–H and O–H groups in total. The Labute approximate surface area is 429 Å². The molecule has 0 spiro atoms. The van der Waals surface area contributed by atoms with Crippen molar-refractivity contribution in [1.29, 1.82) is 0 Å². The molecule has 72 heavy (non-hydrogen) atoms. The lowest BCUT2D eigenvalue weighted by Crippen LogP contribution is -1.90. The molecular weight excluding hydrogens is 905 g/mol. The molecule has 0 aliphatic carbocycles. The lowest BCUT2D eigenvalue weighted by molar-refractivity contribution is 0.667. The Morgan fingerprint density at radius 1 is 0.278 bits per heavy atom. The summed E-state index contributed by atoms with van der Waals surface area (Å²) in [5.74, 6) is 0. The molecule has 12 aromatic carbocycles. The van der Waals surface area contributed by atoms with Gasteiger partial charge in [-0.3, -0.25) is 0 Å². The van der Waals surface area contributed by atoms with E-state index in [2.05, 4.69) is 196 Å². The molecule has 0 aliphatic heterocycles. The van der Waals surface area contributed by atoms with Crippen LogP contribution in [-0.2, 0) is 12.8 Å². The van der Waals surface area contributed by atoms with Crippen LogP contribution in [0.5, 0.6) is 0 Å². The molecule has 0 fully saturated rings. The van der Waals surface area contributed by atoms with Gasteiger partial charge in [0.25, 0.3) is 0 Å². The fourth-order valence-electron chi connectivity index (χ4n) is 12.4. The predicted molar refractivity (Wildman–Crippen MR) is 320 cm³/mol. The van der Waals surface area contributed by atoms with Gasteiger partial charge < -0.3 is 0 Å². The first kappa shape index (κ1) is 43.7. The van der Waals surface area contributed by atoms with E-state index in [1.165, 1.54) is 201 Å². The zero-order valence-corrected chi connectivity index (χ0v) is 42.8. The number of fused-ring (bicyclic) bond motifs is 13. The van der Waals surface area contributed by atoms with Gasteiger partial charge in [0.2, 0.25) is 0 Å². The fourth-order valence-corrected chi connectivity index (χ4v) is 14.6. The lowest BCUT2D eigenvalue weighted by Gasteiger charge is -2.15. The van der Waals surface area contributed by atoms with E-state index in [9.17, 15) is 0 Å². The Bertz CT molecular complexity index is 4390. The monoisotopic (exact) mass is 960 g/mol. The second-order valence-electron chi connectivity index (χ2n) is 20.6. The van der Waals surface area contributed by atoms with Gasteiger partial charge >= 0.3 is 0 Å². The van der Waals surface area contributed by atoms with Crippen LogP contribution in [-0.4, -0.2) is 0 Å². The molecule has 0 aliphatic rings. The average molecular weight is 961 g/mol. The summed E-state index contributed by atoms with van der Waals surface area (Å²) in [5, 5.41) is 21.5. The molecule has 0 amide bonds. The Morgan fingerprint density at radius 3 is 1.51 bits per heavy atom. The molecule has 14 rings (SSSR count). The van der Waals surface area contributed by atoms with Gasteiger partial charge in [0.1, 0.15) is 0 Å². The minimum Gasteiger partial charge on any atom is -0.135 e. The van der Waals surface area contributed by atoms with Crippen LogP contribution < -0.4 is 0 Å². The van der Waals surface area contributed by atoms with Crippen LogP contribution in [0.4, 0.5) is 0 Å². The van der Waals surface area contributed by atoms with Gasteiger partial charge in [0.15, 0.2) is 0 Å². The van der Waals surface area contributed by atoms with E-state index in [1.54, 1.807) is 0 Å². The highest BCUT2D eigenvalue weighted by molar-refractivity contribution is 7.26. The van der Waals surface area contributed by atoms with Crippen molar-refractivity contribution < 1.29 is 0 Å². The molecule has 348 valence electrons. The third-order valence-corrected chi connectivity index (χ3v) is 18.4. The normalized spacial score (nSPS) is 12.3. The van der Waals surface area contributed by atoms with Crippen molar-refractivity contribution in [1.82, 2.24) is 0 Å². The predicted octanol–water partition coefficient (Wildman–Crippen LogP) is 22.0. The smallest absolute Gasteiger partial charge is 0.0362 e. The summed E-state index contributed by atoms with van der Waals surface area (Å²) < 4.78 is 5.37. The maximum atomic E-state index is 2.55. The number of aryl methyl sites for hydroxylation is 2. The van der Waals surface area contributed by atoms with E-state index in [-0.39, 0.29) is 0 Å². The number of thiophene rings is 2. The summed E-state index contributed by atoms with van der Waals surface area (Å²) in [4.78, 5) is 0. The SMILES string of the molecule is CCCCCCc1ccc(-c2ccc3sc4ccc5c6ccc(-c7ccc8sc9ccc(-c%10ccc%11ccc%12cccc%13ccc%10c%11c%12%13)cc9c8c7)cc6c6cc(CCCCCC)ccc6c5c4c3c2)cc1. The van der Waals surface area contributed by atoms with Gasteiger partial charge in [-0.2, -0.15) is 0 Å². The highest BCUT2D eigenvalue weighted by Crippen LogP contribution is 2.47. The first-order valence-electron chi connectivity index (χ1n) is 26.6. The Balaban J connectivity index is 0.903. The quantitative estimate of drug-likeness (QED) is 0.0798. The highest BCUT2D eigenvalue weighted by Gasteiger charge is 2.19. The van der Waals surface area contributed by atoms with Crippen molar-refractivity contribution in [3.63, 3.8) is 0 Å². The van der Waals surface area contributed by atoms with Gasteiger partial charge in [-0.05, 0) is 183 Å².